The summed E-state index contributed by atoms with van der Waals surface area (Å²) < 4.78 is 1.34. The Balaban J connectivity index is 2.13. The van der Waals surface area contributed by atoms with Crippen LogP contribution in [0.4, 0.5) is 11.6 Å². The van der Waals surface area contributed by atoms with E-state index in [1.165, 1.54) is 4.52 Å². The highest BCUT2D eigenvalue weighted by Crippen LogP contribution is 2.27. The van der Waals surface area contributed by atoms with Crippen LogP contribution in [0.5, 0.6) is 0 Å². The van der Waals surface area contributed by atoms with Crippen LogP contribution in [0.3, 0.4) is 0 Å². The number of halogens is 1. The topological polar surface area (TPSA) is 133 Å². The monoisotopic (exact) mass is 403 g/mol. The van der Waals surface area contributed by atoms with Crippen molar-refractivity contribution in [2.24, 2.45) is 0 Å². The number of hydrogen-bond donors (Lipinski definition) is 3. The molecule has 4 N–H and O–H groups in total. The number of carbonyl (C=O) groups excluding carboxylic acids is 1. The Morgan fingerprint density at radius 3 is 2.93 bits per heavy atom. The number of hydrogen-bond acceptors (Lipinski definition) is 8. The number of aryl methyl sites for hydroxylation is 1. The molecular formula is C18H22ClN7O2. The third kappa shape index (κ3) is 4.79. The third-order valence-electron chi connectivity index (χ3n) is 3.98. The number of nitrogens with one attached hydrogen (secondary N) is 1. The van der Waals surface area contributed by atoms with Crippen LogP contribution in [-0.4, -0.2) is 57.6 Å². The minimum Gasteiger partial charge on any atom is -0.395 e. The summed E-state index contributed by atoms with van der Waals surface area (Å²) in [4.78, 5) is 17.4. The zero-order chi connectivity index (χ0) is 20.7. The summed E-state index contributed by atoms with van der Waals surface area (Å²) in [6.07, 6.45) is 6.38. The van der Waals surface area contributed by atoms with Crippen molar-refractivity contribution < 1.29 is 9.90 Å². The molecule has 0 aliphatic carbocycles. The summed E-state index contributed by atoms with van der Waals surface area (Å²) in [7, 11) is 1.82. The molecule has 0 saturated carbocycles. The van der Waals surface area contributed by atoms with E-state index in [0.29, 0.717) is 41.4 Å². The highest BCUT2D eigenvalue weighted by Gasteiger charge is 2.17. The number of nitriles is 1. The normalized spacial score (nSPS) is 11.8. The number of aliphatic hydroxyl groups excluding tert-OH is 1. The van der Waals surface area contributed by atoms with Gasteiger partial charge in [-0.15, -0.1) is 0 Å². The number of aromatic nitrogens is 3. The molecule has 148 valence electrons. The van der Waals surface area contributed by atoms with Crippen LogP contribution in [0, 0.1) is 18.3 Å². The lowest BCUT2D eigenvalue weighted by molar-refractivity contribution is -0.105. The summed E-state index contributed by atoms with van der Waals surface area (Å²) >= 11 is 6.20. The third-order valence-corrected chi connectivity index (χ3v) is 4.42. The second-order valence-corrected chi connectivity index (χ2v) is 6.43. The lowest BCUT2D eigenvalue weighted by Crippen LogP contribution is -2.14. The predicted molar refractivity (Wildman–Crippen MR) is 108 cm³/mol. The highest BCUT2D eigenvalue weighted by atomic mass is 35.5. The Kier molecular flexibility index (Phi) is 7.37. The summed E-state index contributed by atoms with van der Waals surface area (Å²) in [5.41, 5.74) is 7.67. The second kappa shape index (κ2) is 9.73. The fourth-order valence-electron chi connectivity index (χ4n) is 2.44. The first-order valence-electron chi connectivity index (χ1n) is 8.54. The van der Waals surface area contributed by atoms with Crippen molar-refractivity contribution in [3.05, 3.63) is 40.2 Å². The molecule has 0 radical (unpaired) electrons. The number of rotatable bonds is 9. The van der Waals surface area contributed by atoms with Crippen LogP contribution >= 0.6 is 11.6 Å². The molecule has 2 aromatic heterocycles. The molecule has 0 amide bonds. The van der Waals surface area contributed by atoms with E-state index in [9.17, 15) is 10.1 Å². The largest absolute Gasteiger partial charge is 0.395 e. The van der Waals surface area contributed by atoms with Crippen molar-refractivity contribution >= 4 is 35.2 Å². The first-order chi connectivity index (χ1) is 13.4. The minimum atomic E-state index is 0.0530. The van der Waals surface area contributed by atoms with Gasteiger partial charge in [-0.2, -0.15) is 14.9 Å². The van der Waals surface area contributed by atoms with Gasteiger partial charge in [0.25, 0.3) is 0 Å². The van der Waals surface area contributed by atoms with Gasteiger partial charge < -0.3 is 21.1 Å². The van der Waals surface area contributed by atoms with Crippen molar-refractivity contribution in [2.75, 3.05) is 37.8 Å². The quantitative estimate of drug-likeness (QED) is 0.326. The number of carbonyl (C=O) groups is 1. The molecule has 0 aromatic carbocycles. The maximum Gasteiger partial charge on any atom is 0.178 e. The van der Waals surface area contributed by atoms with E-state index < -0.39 is 0 Å². The van der Waals surface area contributed by atoms with Crippen molar-refractivity contribution in [1.82, 2.24) is 19.5 Å². The van der Waals surface area contributed by atoms with E-state index in [-0.39, 0.29) is 23.8 Å². The van der Waals surface area contributed by atoms with Gasteiger partial charge in [-0.3, -0.25) is 4.79 Å². The van der Waals surface area contributed by atoms with Crippen molar-refractivity contribution in [3.63, 3.8) is 0 Å². The van der Waals surface area contributed by atoms with Gasteiger partial charge in [0.15, 0.2) is 5.65 Å². The van der Waals surface area contributed by atoms with Gasteiger partial charge in [0, 0.05) is 20.1 Å². The molecule has 0 bridgehead atoms. The molecule has 0 atom stereocenters. The van der Waals surface area contributed by atoms with Gasteiger partial charge in [0.05, 0.1) is 12.3 Å². The molecule has 0 aliphatic rings. The number of aldehydes is 1. The smallest absolute Gasteiger partial charge is 0.178 e. The zero-order valence-electron chi connectivity index (χ0n) is 15.7. The predicted octanol–water partition coefficient (Wildman–Crippen LogP) is 1.51. The van der Waals surface area contributed by atoms with Crippen LogP contribution in [0.1, 0.15) is 17.7 Å². The zero-order valence-corrected chi connectivity index (χ0v) is 16.4. The standard InChI is InChI=1S/C18H22ClN7O2/c1-12-15(19)18-23-17(14(10-20)16(21)26(18)24-12)22-6-5-13(11-28)4-3-7-25(2)8-9-27/h3-4,7,11,27H,5-6,8-9,21H2,1-2H3,(H,22,23)/b7-3-,13-4-. The van der Waals surface area contributed by atoms with E-state index in [1.807, 2.05) is 13.1 Å². The molecule has 0 fully saturated rings. The molecule has 28 heavy (non-hydrogen) atoms. The van der Waals surface area contributed by atoms with Gasteiger partial charge in [-0.1, -0.05) is 17.7 Å². The lowest BCUT2D eigenvalue weighted by atomic mass is 10.2. The molecule has 2 rings (SSSR count). The number of nitrogens with two attached hydrogens (primary N) is 1. The van der Waals surface area contributed by atoms with Crippen LogP contribution < -0.4 is 11.1 Å². The summed E-state index contributed by atoms with van der Waals surface area (Å²) in [5.74, 6) is 0.434. The Morgan fingerprint density at radius 1 is 1.54 bits per heavy atom. The maximum absolute atomic E-state index is 11.2. The molecule has 10 heteroatoms. The van der Waals surface area contributed by atoms with Gasteiger partial charge in [0.1, 0.15) is 34.6 Å². The minimum absolute atomic E-state index is 0.0530. The van der Waals surface area contributed by atoms with E-state index in [0.717, 1.165) is 6.29 Å². The molecule has 2 heterocycles. The Morgan fingerprint density at radius 2 is 2.29 bits per heavy atom. The van der Waals surface area contributed by atoms with Gasteiger partial charge in [-0.25, -0.2) is 4.98 Å². The second-order valence-electron chi connectivity index (χ2n) is 6.05. The van der Waals surface area contributed by atoms with E-state index >= 15 is 0 Å². The van der Waals surface area contributed by atoms with E-state index in [1.54, 1.807) is 30.2 Å². The summed E-state index contributed by atoms with van der Waals surface area (Å²) in [5, 5.41) is 25.9. The maximum atomic E-state index is 11.2. The summed E-state index contributed by atoms with van der Waals surface area (Å²) in [6.45, 7) is 2.65. The number of fused-ring (bicyclic) bond motifs is 1. The molecule has 0 spiro atoms. The van der Waals surface area contributed by atoms with Crippen molar-refractivity contribution in [3.8, 4) is 6.07 Å². The lowest BCUT2D eigenvalue weighted by Gasteiger charge is -2.11. The number of likely N-dealkylation sites (N-methyl/N-ethyl adjacent to an activating group) is 1. The van der Waals surface area contributed by atoms with Gasteiger partial charge >= 0.3 is 0 Å². The molecule has 0 aliphatic heterocycles. The Labute approximate surface area is 167 Å². The van der Waals surface area contributed by atoms with Gasteiger partial charge in [-0.05, 0) is 31.2 Å². The Hall–Kier alpha value is -3.09. The molecule has 0 saturated heterocycles. The summed E-state index contributed by atoms with van der Waals surface area (Å²) in [6, 6.07) is 2.02. The van der Waals surface area contributed by atoms with Crippen LogP contribution in [0.2, 0.25) is 5.02 Å². The van der Waals surface area contributed by atoms with E-state index in [4.69, 9.17) is 22.4 Å². The molecule has 0 unspecified atom stereocenters. The number of allylic oxidation sites excluding steroid dienone is 2. The fraction of sp³-hybridized carbons (Fsp3) is 0.333. The number of aliphatic hydroxyl groups is 1. The average molecular weight is 404 g/mol. The van der Waals surface area contributed by atoms with Crippen molar-refractivity contribution in [1.29, 1.82) is 5.26 Å². The van der Waals surface area contributed by atoms with Crippen LogP contribution in [-0.2, 0) is 4.79 Å². The van der Waals surface area contributed by atoms with E-state index in [2.05, 4.69) is 15.4 Å². The van der Waals surface area contributed by atoms with Gasteiger partial charge in [0.2, 0.25) is 0 Å². The molecule has 9 nitrogen and oxygen atoms in total. The number of nitrogens with zero attached hydrogens (tertiary/aromatic N) is 5. The molecule has 2 aromatic rings. The highest BCUT2D eigenvalue weighted by molar-refractivity contribution is 6.34. The number of anilines is 2. The van der Waals surface area contributed by atoms with Crippen molar-refractivity contribution in [2.45, 2.75) is 13.3 Å². The first kappa shape index (κ1) is 21.2. The first-order valence-corrected chi connectivity index (χ1v) is 8.92. The average Bonchev–Trinajstić information content (AvgIpc) is 2.96. The Bertz CT molecular complexity index is 959. The fourth-order valence-corrected chi connectivity index (χ4v) is 2.60. The molecular weight excluding hydrogens is 382 g/mol. The SMILES string of the molecule is Cc1nn2c(N)c(C#N)c(NCC/C(C=O)=C/C=C\N(C)CCO)nc2c1Cl. The van der Waals surface area contributed by atoms with Crippen LogP contribution in [0.25, 0.3) is 5.65 Å². The number of nitrogen functional groups attached to an aromatic ring is 1. The van der Waals surface area contributed by atoms with Crippen LogP contribution in [0.15, 0.2) is 23.9 Å².